The first-order chi connectivity index (χ1) is 8.99. The third kappa shape index (κ3) is 2.85. The molecule has 2 rings (SSSR count). The molecular formula is C12H10ClFN2O3. The Morgan fingerprint density at radius 1 is 1.58 bits per heavy atom. The zero-order valence-electron chi connectivity index (χ0n) is 9.93. The number of aromatic carboxylic acids is 1. The summed E-state index contributed by atoms with van der Waals surface area (Å²) < 4.78 is 20.0. The number of rotatable bonds is 4. The van der Waals surface area contributed by atoms with Crippen LogP contribution >= 0.6 is 11.6 Å². The summed E-state index contributed by atoms with van der Waals surface area (Å²) in [5.74, 6) is -1.30. The Balaban J connectivity index is 2.21. The first-order valence-corrected chi connectivity index (χ1v) is 5.68. The zero-order chi connectivity index (χ0) is 14.0. The highest BCUT2D eigenvalue weighted by Crippen LogP contribution is 2.21. The quantitative estimate of drug-likeness (QED) is 0.937. The van der Waals surface area contributed by atoms with Gasteiger partial charge in [-0.2, -0.15) is 0 Å². The van der Waals surface area contributed by atoms with E-state index in [2.05, 4.69) is 4.98 Å². The van der Waals surface area contributed by atoms with Gasteiger partial charge in [0.2, 0.25) is 0 Å². The van der Waals surface area contributed by atoms with Crippen LogP contribution in [0.2, 0.25) is 5.15 Å². The van der Waals surface area contributed by atoms with Gasteiger partial charge in [-0.3, -0.25) is 0 Å². The number of hydrogen-bond acceptors (Lipinski definition) is 3. The average molecular weight is 285 g/mol. The monoisotopic (exact) mass is 284 g/mol. The highest BCUT2D eigenvalue weighted by Gasteiger charge is 2.13. The molecule has 0 spiro atoms. The lowest BCUT2D eigenvalue weighted by Crippen LogP contribution is -2.07. The van der Waals surface area contributed by atoms with E-state index in [-0.39, 0.29) is 17.9 Å². The summed E-state index contributed by atoms with van der Waals surface area (Å²) in [6, 6.07) is 3.24. The summed E-state index contributed by atoms with van der Waals surface area (Å²) >= 11 is 5.81. The van der Waals surface area contributed by atoms with Crippen molar-refractivity contribution in [2.24, 2.45) is 7.05 Å². The second-order valence-electron chi connectivity index (χ2n) is 3.79. The molecule has 0 aliphatic rings. The fraction of sp³-hybridized carbons (Fsp3) is 0.167. The van der Waals surface area contributed by atoms with Crippen molar-refractivity contribution in [1.29, 1.82) is 0 Å². The summed E-state index contributed by atoms with van der Waals surface area (Å²) in [7, 11) is 1.69. The molecule has 0 unspecified atom stereocenters. The van der Waals surface area contributed by atoms with Gasteiger partial charge < -0.3 is 14.4 Å². The second-order valence-corrected chi connectivity index (χ2v) is 4.18. The molecule has 0 aliphatic heterocycles. The number of carboxylic acids is 1. The van der Waals surface area contributed by atoms with Crippen molar-refractivity contribution in [3.05, 3.63) is 46.8 Å². The standard InChI is InChI=1S/C12H10ClFN2O3/c1-16-10(13)5-15-11(16)6-19-9-4-7(14)2-3-8(9)12(17)18/h2-5H,6H2,1H3,(H,17,18). The van der Waals surface area contributed by atoms with Gasteiger partial charge in [0.1, 0.15) is 34.7 Å². The molecule has 0 aliphatic carbocycles. The van der Waals surface area contributed by atoms with E-state index in [1.807, 2.05) is 0 Å². The SMILES string of the molecule is Cn1c(Cl)cnc1COc1cc(F)ccc1C(=O)O. The minimum absolute atomic E-state index is 0.00699. The molecule has 0 amide bonds. The Labute approximate surface area is 113 Å². The Kier molecular flexibility index (Phi) is 3.71. The maximum absolute atomic E-state index is 13.1. The van der Waals surface area contributed by atoms with Crippen molar-refractivity contribution in [1.82, 2.24) is 9.55 Å². The normalized spacial score (nSPS) is 10.5. The molecule has 7 heteroatoms. The lowest BCUT2D eigenvalue weighted by atomic mass is 10.2. The number of carbonyl (C=O) groups is 1. The average Bonchev–Trinajstić information content (AvgIpc) is 2.67. The van der Waals surface area contributed by atoms with Crippen LogP contribution in [0.15, 0.2) is 24.4 Å². The van der Waals surface area contributed by atoms with E-state index in [0.29, 0.717) is 11.0 Å². The van der Waals surface area contributed by atoms with Crippen molar-refractivity contribution in [3.8, 4) is 5.75 Å². The smallest absolute Gasteiger partial charge is 0.339 e. The minimum Gasteiger partial charge on any atom is -0.485 e. The van der Waals surface area contributed by atoms with Crippen LogP contribution < -0.4 is 4.74 Å². The molecule has 1 N–H and O–H groups in total. The maximum atomic E-state index is 13.1. The maximum Gasteiger partial charge on any atom is 0.339 e. The van der Waals surface area contributed by atoms with E-state index in [1.165, 1.54) is 6.20 Å². The van der Waals surface area contributed by atoms with E-state index in [1.54, 1.807) is 11.6 Å². The van der Waals surface area contributed by atoms with Crippen LogP contribution in [0, 0.1) is 5.82 Å². The fourth-order valence-electron chi connectivity index (χ4n) is 1.49. The van der Waals surface area contributed by atoms with Crippen LogP contribution in [-0.4, -0.2) is 20.6 Å². The van der Waals surface area contributed by atoms with Crippen molar-refractivity contribution in [3.63, 3.8) is 0 Å². The Bertz CT molecular complexity index is 627. The van der Waals surface area contributed by atoms with Crippen LogP contribution in [-0.2, 0) is 13.7 Å². The summed E-state index contributed by atoms with van der Waals surface area (Å²) in [4.78, 5) is 15.0. The molecular weight excluding hydrogens is 275 g/mol. The molecule has 0 radical (unpaired) electrons. The largest absolute Gasteiger partial charge is 0.485 e. The fourth-order valence-corrected chi connectivity index (χ4v) is 1.64. The summed E-state index contributed by atoms with van der Waals surface area (Å²) in [5, 5.41) is 9.40. The lowest BCUT2D eigenvalue weighted by Gasteiger charge is -2.09. The second kappa shape index (κ2) is 5.27. The van der Waals surface area contributed by atoms with Gasteiger partial charge in [-0.05, 0) is 12.1 Å². The Hall–Kier alpha value is -2.08. The zero-order valence-corrected chi connectivity index (χ0v) is 10.7. The first kappa shape index (κ1) is 13.4. The van der Waals surface area contributed by atoms with Crippen LogP contribution in [0.25, 0.3) is 0 Å². The predicted molar refractivity (Wildman–Crippen MR) is 65.9 cm³/mol. The van der Waals surface area contributed by atoms with Crippen LogP contribution in [0.5, 0.6) is 5.75 Å². The molecule has 1 aromatic heterocycles. The molecule has 0 fully saturated rings. The van der Waals surface area contributed by atoms with E-state index in [4.69, 9.17) is 21.4 Å². The van der Waals surface area contributed by atoms with Gasteiger partial charge in [0.15, 0.2) is 0 Å². The molecule has 0 atom stereocenters. The van der Waals surface area contributed by atoms with E-state index in [0.717, 1.165) is 18.2 Å². The number of hydrogen-bond donors (Lipinski definition) is 1. The molecule has 2 aromatic rings. The number of aromatic nitrogens is 2. The van der Waals surface area contributed by atoms with Crippen LogP contribution in [0.4, 0.5) is 4.39 Å². The van der Waals surface area contributed by atoms with E-state index >= 15 is 0 Å². The van der Waals surface area contributed by atoms with E-state index < -0.39 is 11.8 Å². The number of benzene rings is 1. The molecule has 5 nitrogen and oxygen atoms in total. The van der Waals surface area contributed by atoms with Crippen molar-refractivity contribution < 1.29 is 19.0 Å². The summed E-state index contributed by atoms with van der Waals surface area (Å²) in [5.41, 5.74) is -0.110. The molecule has 0 bridgehead atoms. The lowest BCUT2D eigenvalue weighted by molar-refractivity contribution is 0.0691. The predicted octanol–water partition coefficient (Wildman–Crippen LogP) is 2.49. The van der Waals surface area contributed by atoms with Crippen LogP contribution in [0.3, 0.4) is 0 Å². The third-order valence-corrected chi connectivity index (χ3v) is 2.91. The van der Waals surface area contributed by atoms with Gasteiger partial charge in [-0.25, -0.2) is 14.2 Å². The minimum atomic E-state index is -1.19. The molecule has 1 heterocycles. The topological polar surface area (TPSA) is 64.4 Å². The van der Waals surface area contributed by atoms with Gasteiger partial charge in [0, 0.05) is 13.1 Å². The molecule has 0 saturated carbocycles. The van der Waals surface area contributed by atoms with Gasteiger partial charge in [0.05, 0.1) is 6.20 Å². The molecule has 19 heavy (non-hydrogen) atoms. The molecule has 0 saturated heterocycles. The summed E-state index contributed by atoms with van der Waals surface area (Å²) in [6.45, 7) is -0.00699. The van der Waals surface area contributed by atoms with E-state index in [9.17, 15) is 9.18 Å². The van der Waals surface area contributed by atoms with Gasteiger partial charge in [-0.1, -0.05) is 11.6 Å². The highest BCUT2D eigenvalue weighted by atomic mass is 35.5. The molecule has 1 aromatic carbocycles. The van der Waals surface area contributed by atoms with Gasteiger partial charge >= 0.3 is 5.97 Å². The highest BCUT2D eigenvalue weighted by molar-refractivity contribution is 6.29. The number of halogens is 2. The van der Waals surface area contributed by atoms with Crippen LogP contribution in [0.1, 0.15) is 16.2 Å². The van der Waals surface area contributed by atoms with Gasteiger partial charge in [-0.15, -0.1) is 0 Å². The molecule has 100 valence electrons. The Morgan fingerprint density at radius 2 is 2.32 bits per heavy atom. The third-order valence-electron chi connectivity index (χ3n) is 2.56. The van der Waals surface area contributed by atoms with Crippen molar-refractivity contribution in [2.45, 2.75) is 6.61 Å². The first-order valence-electron chi connectivity index (χ1n) is 5.30. The number of ether oxygens (including phenoxy) is 1. The Morgan fingerprint density at radius 3 is 2.89 bits per heavy atom. The summed E-state index contributed by atoms with van der Waals surface area (Å²) in [6.07, 6.45) is 1.45. The van der Waals surface area contributed by atoms with Crippen molar-refractivity contribution in [2.75, 3.05) is 0 Å². The number of nitrogens with zero attached hydrogens (tertiary/aromatic N) is 2. The number of carboxylic acid groups (broad SMARTS) is 1. The number of imidazole rings is 1. The van der Waals surface area contributed by atoms with Gasteiger partial charge in [0.25, 0.3) is 0 Å². The van der Waals surface area contributed by atoms with Crippen molar-refractivity contribution >= 4 is 17.6 Å².